The van der Waals surface area contributed by atoms with Crippen LogP contribution in [0.15, 0.2) is 18.2 Å². The van der Waals surface area contributed by atoms with Crippen molar-refractivity contribution in [1.82, 2.24) is 5.32 Å². The van der Waals surface area contributed by atoms with E-state index in [-0.39, 0.29) is 11.8 Å². The number of carbonyl (C=O) groups is 2. The van der Waals surface area contributed by atoms with Gasteiger partial charge in [-0.1, -0.05) is 6.07 Å². The van der Waals surface area contributed by atoms with Gasteiger partial charge in [0.1, 0.15) is 0 Å². The van der Waals surface area contributed by atoms with E-state index in [0.717, 1.165) is 17.7 Å². The minimum atomic E-state index is -0.143. The molecule has 2 amide bonds. The molecule has 0 bridgehead atoms. The lowest BCUT2D eigenvalue weighted by atomic mass is 10.1. The molecule has 92 valence electrons. The van der Waals surface area contributed by atoms with E-state index >= 15 is 0 Å². The molecule has 1 aliphatic heterocycles. The van der Waals surface area contributed by atoms with Gasteiger partial charge in [0.05, 0.1) is 6.42 Å². The highest BCUT2D eigenvalue weighted by molar-refractivity contribution is 6.02. The summed E-state index contributed by atoms with van der Waals surface area (Å²) in [4.78, 5) is 23.0. The Labute approximate surface area is 106 Å². The molecule has 4 heteroatoms. The summed E-state index contributed by atoms with van der Waals surface area (Å²) in [6.45, 7) is 0.562. The Kier molecular flexibility index (Phi) is 3.63. The lowest BCUT2D eigenvalue weighted by molar-refractivity contribution is -0.115. The number of hydrogen-bond donors (Lipinski definition) is 2. The summed E-state index contributed by atoms with van der Waals surface area (Å²) < 4.78 is 0. The maximum atomic E-state index is 11.8. The van der Waals surface area contributed by atoms with Crippen molar-refractivity contribution in [3.63, 3.8) is 0 Å². The van der Waals surface area contributed by atoms with E-state index in [4.69, 9.17) is 6.42 Å². The summed E-state index contributed by atoms with van der Waals surface area (Å²) in [6, 6.07) is 5.25. The van der Waals surface area contributed by atoms with Gasteiger partial charge in [-0.15, -0.1) is 12.3 Å². The average molecular weight is 242 g/mol. The van der Waals surface area contributed by atoms with Crippen LogP contribution in [0.5, 0.6) is 0 Å². The summed E-state index contributed by atoms with van der Waals surface area (Å²) in [5, 5.41) is 5.51. The van der Waals surface area contributed by atoms with E-state index < -0.39 is 0 Å². The van der Waals surface area contributed by atoms with Crippen LogP contribution in [0, 0.1) is 12.3 Å². The van der Waals surface area contributed by atoms with Gasteiger partial charge in [-0.2, -0.15) is 0 Å². The Hall–Kier alpha value is -2.28. The van der Waals surface area contributed by atoms with E-state index in [1.807, 2.05) is 6.07 Å². The van der Waals surface area contributed by atoms with Gasteiger partial charge in [0, 0.05) is 24.2 Å². The van der Waals surface area contributed by atoms with E-state index in [1.165, 1.54) is 0 Å². The van der Waals surface area contributed by atoms with E-state index in [9.17, 15) is 9.59 Å². The number of carbonyl (C=O) groups excluding carboxylic acids is 2. The molecule has 2 N–H and O–H groups in total. The molecule has 0 saturated heterocycles. The predicted molar refractivity (Wildman–Crippen MR) is 69.2 cm³/mol. The van der Waals surface area contributed by atoms with Crippen molar-refractivity contribution in [3.8, 4) is 12.3 Å². The molecule has 18 heavy (non-hydrogen) atoms. The lowest BCUT2D eigenvalue weighted by Gasteiger charge is -2.05. The molecule has 0 radical (unpaired) electrons. The van der Waals surface area contributed by atoms with Crippen LogP contribution >= 0.6 is 0 Å². The standard InChI is InChI=1S/C14H14N2O2/c1-2-3-4-7-15-14(18)11-6-5-10-9-13(17)16-12(10)8-11/h1,5-6,8H,3-4,7,9H2,(H,15,18)(H,16,17). The molecule has 1 aromatic carbocycles. The van der Waals surface area contributed by atoms with Gasteiger partial charge in [0.25, 0.3) is 5.91 Å². The van der Waals surface area contributed by atoms with Gasteiger partial charge >= 0.3 is 0 Å². The van der Waals surface area contributed by atoms with E-state index in [1.54, 1.807) is 12.1 Å². The first kappa shape index (κ1) is 12.2. The van der Waals surface area contributed by atoms with Gasteiger partial charge in [-0.25, -0.2) is 0 Å². The number of anilines is 1. The fourth-order valence-electron chi connectivity index (χ4n) is 1.85. The number of amides is 2. The second-order valence-corrected chi connectivity index (χ2v) is 4.16. The third kappa shape index (κ3) is 2.69. The smallest absolute Gasteiger partial charge is 0.251 e. The average Bonchev–Trinajstić information content (AvgIpc) is 2.73. The monoisotopic (exact) mass is 242 g/mol. The van der Waals surface area contributed by atoms with Crippen LogP contribution in [-0.2, 0) is 11.2 Å². The topological polar surface area (TPSA) is 58.2 Å². The number of nitrogens with one attached hydrogen (secondary N) is 2. The first-order valence-corrected chi connectivity index (χ1v) is 5.85. The Balaban J connectivity index is 1.98. The Morgan fingerprint density at radius 3 is 3.11 bits per heavy atom. The number of hydrogen-bond acceptors (Lipinski definition) is 2. The van der Waals surface area contributed by atoms with Crippen molar-refractivity contribution in [2.75, 3.05) is 11.9 Å². The first-order valence-electron chi connectivity index (χ1n) is 5.85. The molecule has 1 aliphatic rings. The number of rotatable bonds is 4. The molecule has 0 aliphatic carbocycles. The molecule has 2 rings (SSSR count). The zero-order chi connectivity index (χ0) is 13.0. The molecule has 0 spiro atoms. The van der Waals surface area contributed by atoms with Crippen molar-refractivity contribution in [3.05, 3.63) is 29.3 Å². The highest BCUT2D eigenvalue weighted by atomic mass is 16.2. The van der Waals surface area contributed by atoms with Crippen LogP contribution in [0.4, 0.5) is 5.69 Å². The third-order valence-corrected chi connectivity index (χ3v) is 2.78. The van der Waals surface area contributed by atoms with Crippen LogP contribution < -0.4 is 10.6 Å². The maximum Gasteiger partial charge on any atom is 0.251 e. The normalized spacial score (nSPS) is 12.5. The SMILES string of the molecule is C#CCCCNC(=O)c1ccc2c(c1)NC(=O)C2. The summed E-state index contributed by atoms with van der Waals surface area (Å²) in [6.07, 6.45) is 6.94. The van der Waals surface area contributed by atoms with Crippen LogP contribution in [-0.4, -0.2) is 18.4 Å². The largest absolute Gasteiger partial charge is 0.352 e. The van der Waals surface area contributed by atoms with Crippen molar-refractivity contribution >= 4 is 17.5 Å². The molecule has 0 atom stereocenters. The van der Waals surface area contributed by atoms with Gasteiger partial charge in [0.2, 0.25) is 5.91 Å². The van der Waals surface area contributed by atoms with Gasteiger partial charge in [0.15, 0.2) is 0 Å². The molecule has 0 fully saturated rings. The third-order valence-electron chi connectivity index (χ3n) is 2.78. The Morgan fingerprint density at radius 2 is 2.33 bits per heavy atom. The van der Waals surface area contributed by atoms with Crippen molar-refractivity contribution in [1.29, 1.82) is 0 Å². The molecule has 1 heterocycles. The summed E-state index contributed by atoms with van der Waals surface area (Å²) >= 11 is 0. The number of benzene rings is 1. The molecule has 0 aromatic heterocycles. The molecule has 0 unspecified atom stereocenters. The van der Waals surface area contributed by atoms with E-state index in [0.29, 0.717) is 24.9 Å². The van der Waals surface area contributed by atoms with E-state index in [2.05, 4.69) is 16.6 Å². The molecule has 1 aromatic rings. The first-order chi connectivity index (χ1) is 8.70. The summed E-state index contributed by atoms with van der Waals surface area (Å²) in [5.74, 6) is 2.35. The molecule has 0 saturated carbocycles. The predicted octanol–water partition coefficient (Wildman–Crippen LogP) is 1.32. The minimum absolute atomic E-state index is 0.0309. The number of fused-ring (bicyclic) bond motifs is 1. The zero-order valence-electron chi connectivity index (χ0n) is 9.95. The Bertz CT molecular complexity index is 529. The lowest BCUT2D eigenvalue weighted by Crippen LogP contribution is -2.24. The maximum absolute atomic E-state index is 11.8. The highest BCUT2D eigenvalue weighted by Gasteiger charge is 2.18. The minimum Gasteiger partial charge on any atom is -0.352 e. The second kappa shape index (κ2) is 5.37. The summed E-state index contributed by atoms with van der Waals surface area (Å²) in [7, 11) is 0. The second-order valence-electron chi connectivity index (χ2n) is 4.16. The van der Waals surface area contributed by atoms with Crippen molar-refractivity contribution < 1.29 is 9.59 Å². The highest BCUT2D eigenvalue weighted by Crippen LogP contribution is 2.23. The van der Waals surface area contributed by atoms with Gasteiger partial charge < -0.3 is 10.6 Å². The fourth-order valence-corrected chi connectivity index (χ4v) is 1.85. The van der Waals surface area contributed by atoms with Crippen LogP contribution in [0.1, 0.15) is 28.8 Å². The number of unbranched alkanes of at least 4 members (excludes halogenated alkanes) is 1. The van der Waals surface area contributed by atoms with Crippen molar-refractivity contribution in [2.24, 2.45) is 0 Å². The Morgan fingerprint density at radius 1 is 1.50 bits per heavy atom. The molecular weight excluding hydrogens is 228 g/mol. The summed E-state index contributed by atoms with van der Waals surface area (Å²) in [5.41, 5.74) is 2.22. The van der Waals surface area contributed by atoms with Gasteiger partial charge in [-0.05, 0) is 24.1 Å². The molecule has 4 nitrogen and oxygen atoms in total. The van der Waals surface area contributed by atoms with Gasteiger partial charge in [-0.3, -0.25) is 9.59 Å². The quantitative estimate of drug-likeness (QED) is 0.618. The van der Waals surface area contributed by atoms with Crippen LogP contribution in [0.3, 0.4) is 0 Å². The van der Waals surface area contributed by atoms with Crippen LogP contribution in [0.25, 0.3) is 0 Å². The zero-order valence-corrected chi connectivity index (χ0v) is 9.95. The molecular formula is C14H14N2O2. The fraction of sp³-hybridized carbons (Fsp3) is 0.286. The van der Waals surface area contributed by atoms with Crippen molar-refractivity contribution in [2.45, 2.75) is 19.3 Å². The number of terminal acetylenes is 1. The van der Waals surface area contributed by atoms with Crippen LogP contribution in [0.2, 0.25) is 0 Å².